The fraction of sp³-hybridized carbons (Fsp3) is 0.957. The van der Waals surface area contributed by atoms with Gasteiger partial charge in [-0.1, -0.05) is 78.1 Å². The molecular weight excluding hydrogens is 340 g/mol. The minimum atomic E-state index is -0.713. The number of hydrogen-bond acceptors (Lipinski definition) is 3. The molecule has 1 aliphatic rings. The second-order valence-corrected chi connectivity index (χ2v) is 8.23. The van der Waals surface area contributed by atoms with Crippen LogP contribution in [-0.2, 0) is 14.3 Å². The van der Waals surface area contributed by atoms with Crippen LogP contribution in [0.5, 0.6) is 0 Å². The molecule has 0 aliphatic carbocycles. The van der Waals surface area contributed by atoms with Crippen LogP contribution in [0.2, 0.25) is 0 Å². The molecule has 0 aromatic rings. The maximum atomic E-state index is 10.7. The highest BCUT2D eigenvalue weighted by Gasteiger charge is 2.29. The number of rotatable bonds is 17. The van der Waals surface area contributed by atoms with Crippen molar-refractivity contribution in [1.29, 1.82) is 0 Å². The molecule has 0 spiro atoms. The van der Waals surface area contributed by atoms with Crippen LogP contribution in [0.4, 0.5) is 0 Å². The van der Waals surface area contributed by atoms with Crippen molar-refractivity contribution in [2.75, 3.05) is 0 Å². The van der Waals surface area contributed by atoms with E-state index < -0.39 is 5.97 Å². The number of aliphatic carboxylic acids is 1. The maximum Gasteiger partial charge on any atom is 0.303 e. The van der Waals surface area contributed by atoms with Crippen LogP contribution < -0.4 is 0 Å². The Morgan fingerprint density at radius 3 is 1.70 bits per heavy atom. The van der Waals surface area contributed by atoms with Crippen molar-refractivity contribution in [3.8, 4) is 0 Å². The third kappa shape index (κ3) is 13.2. The Kier molecular flexibility index (Phi) is 14.8. The van der Waals surface area contributed by atoms with Crippen molar-refractivity contribution in [3.05, 3.63) is 0 Å². The second-order valence-electron chi connectivity index (χ2n) is 8.23. The number of unbranched alkanes of at least 4 members (excludes halogenated alkanes) is 9. The normalized spacial score (nSPS) is 22.8. The number of carboxylic acid groups (broad SMARTS) is 1. The average Bonchev–Trinajstić information content (AvgIpc) is 2.65. The monoisotopic (exact) mass is 384 g/mol. The van der Waals surface area contributed by atoms with Gasteiger partial charge in [-0.2, -0.15) is 0 Å². The van der Waals surface area contributed by atoms with E-state index in [0.717, 1.165) is 32.1 Å². The van der Waals surface area contributed by atoms with Gasteiger partial charge in [0.15, 0.2) is 6.29 Å². The van der Waals surface area contributed by atoms with E-state index in [4.69, 9.17) is 14.6 Å². The number of carboxylic acids is 1. The Balaban J connectivity index is 2.34. The first-order chi connectivity index (χ1) is 13.2. The van der Waals surface area contributed by atoms with E-state index in [-0.39, 0.29) is 12.7 Å². The lowest BCUT2D eigenvalue weighted by Gasteiger charge is -2.36. The number of ether oxygens (including phenoxy) is 2. The largest absolute Gasteiger partial charge is 0.481 e. The lowest BCUT2D eigenvalue weighted by molar-refractivity contribution is -0.247. The van der Waals surface area contributed by atoms with Gasteiger partial charge in [0, 0.05) is 6.42 Å². The number of carbonyl (C=O) groups is 1. The van der Waals surface area contributed by atoms with Crippen molar-refractivity contribution >= 4 is 5.97 Å². The summed E-state index contributed by atoms with van der Waals surface area (Å²) in [5.74, 6) is -0.713. The van der Waals surface area contributed by atoms with Crippen molar-refractivity contribution in [1.82, 2.24) is 0 Å². The van der Waals surface area contributed by atoms with E-state index in [1.807, 2.05) is 0 Å². The Labute approximate surface area is 167 Å². The zero-order chi connectivity index (χ0) is 19.7. The SMILES string of the molecule is CCCCCCC[C@@H]1C[C@@H](CCCCCCC)OC(CCCCC(=O)O)O1. The standard InChI is InChI=1S/C23H44O4/c1-3-5-7-9-11-15-20-19-21(16-12-10-8-6-4-2)27-23(26-20)18-14-13-17-22(24)25/h20-21,23H,3-19H2,1-2H3,(H,24,25)/t20-,21-/m1/s1. The molecule has 0 radical (unpaired) electrons. The summed E-state index contributed by atoms with van der Waals surface area (Å²) < 4.78 is 12.4. The van der Waals surface area contributed by atoms with E-state index in [1.165, 1.54) is 64.2 Å². The van der Waals surface area contributed by atoms with Crippen LogP contribution in [-0.4, -0.2) is 29.6 Å². The molecule has 0 amide bonds. The molecule has 0 saturated carbocycles. The van der Waals surface area contributed by atoms with Crippen LogP contribution in [0.25, 0.3) is 0 Å². The van der Waals surface area contributed by atoms with E-state index in [9.17, 15) is 4.79 Å². The summed E-state index contributed by atoms with van der Waals surface area (Å²) in [7, 11) is 0. The first-order valence-electron chi connectivity index (χ1n) is 11.7. The van der Waals surface area contributed by atoms with Gasteiger partial charge in [0.25, 0.3) is 0 Å². The van der Waals surface area contributed by atoms with Gasteiger partial charge in [-0.15, -0.1) is 0 Å². The zero-order valence-electron chi connectivity index (χ0n) is 17.9. The van der Waals surface area contributed by atoms with Gasteiger partial charge >= 0.3 is 5.97 Å². The zero-order valence-corrected chi connectivity index (χ0v) is 17.9. The van der Waals surface area contributed by atoms with E-state index >= 15 is 0 Å². The quantitative estimate of drug-likeness (QED) is 0.278. The predicted molar refractivity (Wildman–Crippen MR) is 111 cm³/mol. The molecule has 160 valence electrons. The third-order valence-electron chi connectivity index (χ3n) is 5.55. The average molecular weight is 385 g/mol. The first kappa shape index (κ1) is 24.4. The lowest BCUT2D eigenvalue weighted by atomic mass is 9.98. The summed E-state index contributed by atoms with van der Waals surface area (Å²) in [5.41, 5.74) is 0. The van der Waals surface area contributed by atoms with Gasteiger partial charge in [0.1, 0.15) is 0 Å². The molecule has 1 saturated heterocycles. The summed E-state index contributed by atoms with van der Waals surface area (Å²) in [5, 5.41) is 8.79. The predicted octanol–water partition coefficient (Wildman–Crippen LogP) is 6.85. The van der Waals surface area contributed by atoms with Gasteiger partial charge in [-0.05, 0) is 38.5 Å². The summed E-state index contributed by atoms with van der Waals surface area (Å²) in [6, 6.07) is 0. The summed E-state index contributed by atoms with van der Waals surface area (Å²) in [6.45, 7) is 4.50. The third-order valence-corrected chi connectivity index (χ3v) is 5.55. The van der Waals surface area contributed by atoms with Crippen molar-refractivity contribution in [2.24, 2.45) is 0 Å². The van der Waals surface area contributed by atoms with E-state index in [0.29, 0.717) is 18.6 Å². The van der Waals surface area contributed by atoms with Crippen molar-refractivity contribution in [3.63, 3.8) is 0 Å². The van der Waals surface area contributed by atoms with Crippen LogP contribution in [0, 0.1) is 0 Å². The molecule has 1 rings (SSSR count). The maximum absolute atomic E-state index is 10.7. The molecule has 0 bridgehead atoms. The Bertz CT molecular complexity index is 336. The Morgan fingerprint density at radius 1 is 0.741 bits per heavy atom. The van der Waals surface area contributed by atoms with E-state index in [2.05, 4.69) is 13.8 Å². The minimum absolute atomic E-state index is 0.131. The van der Waals surface area contributed by atoms with Gasteiger partial charge in [-0.3, -0.25) is 4.79 Å². The molecule has 1 N–H and O–H groups in total. The first-order valence-corrected chi connectivity index (χ1v) is 11.7. The molecule has 4 heteroatoms. The van der Waals surface area contributed by atoms with Crippen molar-refractivity contribution in [2.45, 2.75) is 141 Å². The molecule has 4 nitrogen and oxygen atoms in total. The highest BCUT2D eigenvalue weighted by molar-refractivity contribution is 5.66. The molecule has 27 heavy (non-hydrogen) atoms. The fourth-order valence-corrected chi connectivity index (χ4v) is 3.91. The van der Waals surface area contributed by atoms with Gasteiger partial charge in [0.2, 0.25) is 0 Å². The van der Waals surface area contributed by atoms with Crippen LogP contribution in [0.15, 0.2) is 0 Å². The van der Waals surface area contributed by atoms with Crippen molar-refractivity contribution < 1.29 is 19.4 Å². The molecule has 1 fully saturated rings. The highest BCUT2D eigenvalue weighted by atomic mass is 16.7. The molecular formula is C23H44O4. The molecule has 0 aromatic carbocycles. The van der Waals surface area contributed by atoms with Crippen LogP contribution in [0.1, 0.15) is 123 Å². The fourth-order valence-electron chi connectivity index (χ4n) is 3.91. The Morgan fingerprint density at radius 2 is 1.22 bits per heavy atom. The summed E-state index contributed by atoms with van der Waals surface area (Å²) in [4.78, 5) is 10.7. The van der Waals surface area contributed by atoms with Gasteiger partial charge in [0.05, 0.1) is 12.2 Å². The highest BCUT2D eigenvalue weighted by Crippen LogP contribution is 2.28. The molecule has 0 aromatic heterocycles. The topological polar surface area (TPSA) is 55.8 Å². The lowest BCUT2D eigenvalue weighted by Crippen LogP contribution is -2.38. The van der Waals surface area contributed by atoms with E-state index in [1.54, 1.807) is 0 Å². The molecule has 0 unspecified atom stereocenters. The summed E-state index contributed by atoms with van der Waals surface area (Å²) >= 11 is 0. The smallest absolute Gasteiger partial charge is 0.303 e. The molecule has 1 heterocycles. The minimum Gasteiger partial charge on any atom is -0.481 e. The molecule has 1 aliphatic heterocycles. The second kappa shape index (κ2) is 16.4. The van der Waals surface area contributed by atoms with Crippen LogP contribution in [0.3, 0.4) is 0 Å². The van der Waals surface area contributed by atoms with Crippen LogP contribution >= 0.6 is 0 Å². The number of hydrogen-bond donors (Lipinski definition) is 1. The Hall–Kier alpha value is -0.610. The molecule has 2 atom stereocenters. The van der Waals surface area contributed by atoms with Gasteiger partial charge < -0.3 is 14.6 Å². The van der Waals surface area contributed by atoms with Gasteiger partial charge in [-0.25, -0.2) is 0 Å². The summed E-state index contributed by atoms with van der Waals surface area (Å²) in [6.07, 6.45) is 19.5.